The summed E-state index contributed by atoms with van der Waals surface area (Å²) < 4.78 is 25.7. The first-order chi connectivity index (χ1) is 17.5. The number of nitrogens with zero attached hydrogens (tertiary/aromatic N) is 4. The largest absolute Gasteiger partial charge is 0.271 e. The fourth-order valence-corrected chi connectivity index (χ4v) is 2.64. The minimum absolute atomic E-state index is 0. The molecule has 37 heavy (non-hydrogen) atoms. The molecule has 2 N–H and O–H groups in total. The first-order valence-electron chi connectivity index (χ1n) is 10.5. The van der Waals surface area contributed by atoms with Crippen LogP contribution in [0.15, 0.2) is 108 Å². The van der Waals surface area contributed by atoms with E-state index >= 15 is 0 Å². The number of hydrazone groups is 2. The van der Waals surface area contributed by atoms with Crippen molar-refractivity contribution < 1.29 is 35.1 Å². The molecule has 0 spiro atoms. The molecule has 8 nitrogen and oxygen atoms in total. The van der Waals surface area contributed by atoms with Gasteiger partial charge in [-0.1, -0.05) is 24.3 Å². The van der Waals surface area contributed by atoms with Crippen LogP contribution in [0.5, 0.6) is 0 Å². The van der Waals surface area contributed by atoms with Gasteiger partial charge in [-0.2, -0.15) is 10.2 Å². The minimum atomic E-state index is -0.348. The second-order valence-corrected chi connectivity index (χ2v) is 6.98. The summed E-state index contributed by atoms with van der Waals surface area (Å²) in [6, 6.07) is 18.1. The SMILES string of the molecule is O=C(N/N=C\c1cccc(F)c1)c1ccncc1.O=C(N/N=C\c1cccc(F)c1)c1ccncc1.[Co]. The van der Waals surface area contributed by atoms with Gasteiger partial charge >= 0.3 is 0 Å². The van der Waals surface area contributed by atoms with Crippen molar-refractivity contribution in [2.45, 2.75) is 0 Å². The van der Waals surface area contributed by atoms with Crippen LogP contribution in [0.3, 0.4) is 0 Å². The maximum absolute atomic E-state index is 12.9. The van der Waals surface area contributed by atoms with Crippen molar-refractivity contribution in [3.63, 3.8) is 0 Å². The summed E-state index contributed by atoms with van der Waals surface area (Å²) in [7, 11) is 0. The van der Waals surface area contributed by atoms with Crippen LogP contribution in [-0.4, -0.2) is 34.2 Å². The third-order valence-corrected chi connectivity index (χ3v) is 4.34. The predicted octanol–water partition coefficient (Wildman–Crippen LogP) is 3.97. The van der Waals surface area contributed by atoms with Crippen LogP contribution in [0.1, 0.15) is 31.8 Å². The third-order valence-electron chi connectivity index (χ3n) is 4.34. The van der Waals surface area contributed by atoms with Gasteiger partial charge in [-0.3, -0.25) is 19.6 Å². The van der Waals surface area contributed by atoms with Gasteiger partial charge in [0.1, 0.15) is 11.6 Å². The summed E-state index contributed by atoms with van der Waals surface area (Å²) in [6.45, 7) is 0. The molecule has 4 aromatic rings. The Hall–Kier alpha value is -4.61. The monoisotopic (exact) mass is 545 g/mol. The van der Waals surface area contributed by atoms with Crippen LogP contribution < -0.4 is 10.9 Å². The van der Waals surface area contributed by atoms with E-state index in [9.17, 15) is 18.4 Å². The third kappa shape index (κ3) is 10.3. The summed E-state index contributed by atoms with van der Waals surface area (Å²) in [4.78, 5) is 30.8. The average Bonchev–Trinajstić information content (AvgIpc) is 2.90. The average molecular weight is 545 g/mol. The second-order valence-electron chi connectivity index (χ2n) is 6.98. The molecule has 2 heterocycles. The fraction of sp³-hybridized carbons (Fsp3) is 0. The van der Waals surface area contributed by atoms with Gasteiger partial charge in [-0.15, -0.1) is 0 Å². The molecule has 2 aromatic carbocycles. The smallest absolute Gasteiger partial charge is 0.267 e. The molecule has 4 rings (SSSR count). The Bertz CT molecular complexity index is 1250. The van der Waals surface area contributed by atoms with Crippen LogP contribution in [0.2, 0.25) is 0 Å². The number of benzene rings is 2. The maximum atomic E-state index is 12.9. The molecule has 2 amide bonds. The van der Waals surface area contributed by atoms with E-state index in [4.69, 9.17) is 0 Å². The van der Waals surface area contributed by atoms with Crippen molar-refractivity contribution in [1.82, 2.24) is 20.8 Å². The van der Waals surface area contributed by atoms with E-state index in [1.54, 1.807) is 48.5 Å². The van der Waals surface area contributed by atoms with E-state index in [0.717, 1.165) is 0 Å². The standard InChI is InChI=1S/2C13H10FN3O.Co/c2*14-12-3-1-2-10(8-12)9-16-17-13(18)11-4-6-15-7-5-11;/h2*1-9H,(H,17,18);/b2*16-9-;. The van der Waals surface area contributed by atoms with Gasteiger partial charge < -0.3 is 0 Å². The number of carbonyl (C=O) groups is 2. The number of carbonyl (C=O) groups excluding carboxylic acids is 2. The normalized spacial score (nSPS) is 10.2. The molecule has 0 fully saturated rings. The zero-order chi connectivity index (χ0) is 25.6. The molecule has 0 aliphatic carbocycles. The predicted molar refractivity (Wildman–Crippen MR) is 131 cm³/mol. The molecule has 0 aliphatic rings. The first kappa shape index (κ1) is 28.6. The fourth-order valence-electron chi connectivity index (χ4n) is 2.64. The van der Waals surface area contributed by atoms with E-state index in [2.05, 4.69) is 31.0 Å². The van der Waals surface area contributed by atoms with E-state index in [0.29, 0.717) is 22.3 Å². The van der Waals surface area contributed by atoms with Gasteiger partial charge in [0.15, 0.2) is 0 Å². The van der Waals surface area contributed by atoms with Crippen LogP contribution in [0, 0.1) is 11.6 Å². The van der Waals surface area contributed by atoms with E-state index < -0.39 is 0 Å². The molecule has 0 saturated carbocycles. The molecule has 0 unspecified atom stereocenters. The molecule has 0 bridgehead atoms. The van der Waals surface area contributed by atoms with E-state index in [1.807, 2.05) is 0 Å². The second kappa shape index (κ2) is 15.4. The topological polar surface area (TPSA) is 109 Å². The number of pyridine rings is 2. The number of hydrogen-bond acceptors (Lipinski definition) is 6. The van der Waals surface area contributed by atoms with Gasteiger partial charge in [-0.05, 0) is 59.7 Å². The molecule has 1 radical (unpaired) electrons. The molecular weight excluding hydrogens is 525 g/mol. The summed E-state index contributed by atoms with van der Waals surface area (Å²) >= 11 is 0. The Morgan fingerprint density at radius 3 is 1.38 bits per heavy atom. The number of amides is 2. The molecule has 2 aromatic heterocycles. The number of hydrogen-bond donors (Lipinski definition) is 2. The van der Waals surface area contributed by atoms with Crippen LogP contribution in [0.4, 0.5) is 8.78 Å². The summed E-state index contributed by atoms with van der Waals surface area (Å²) in [6.07, 6.45) is 8.83. The zero-order valence-corrected chi connectivity index (χ0v) is 20.1. The van der Waals surface area contributed by atoms with Gasteiger partial charge in [0.2, 0.25) is 0 Å². The number of nitrogens with one attached hydrogen (secondary N) is 2. The zero-order valence-electron chi connectivity index (χ0n) is 19.1. The Labute approximate surface area is 221 Å². The molecule has 0 saturated heterocycles. The number of halogens is 2. The summed E-state index contributed by atoms with van der Waals surface area (Å²) in [5.41, 5.74) is 6.76. The minimum Gasteiger partial charge on any atom is -0.267 e. The van der Waals surface area contributed by atoms with E-state index in [-0.39, 0.29) is 40.2 Å². The van der Waals surface area contributed by atoms with Crippen molar-refractivity contribution in [2.75, 3.05) is 0 Å². The molecular formula is C26H20CoF2N6O2. The Balaban J connectivity index is 0.000000253. The Morgan fingerprint density at radius 2 is 1.03 bits per heavy atom. The molecule has 189 valence electrons. The Morgan fingerprint density at radius 1 is 0.649 bits per heavy atom. The van der Waals surface area contributed by atoms with Crippen molar-refractivity contribution >= 4 is 24.2 Å². The number of rotatable bonds is 6. The van der Waals surface area contributed by atoms with Crippen LogP contribution in [-0.2, 0) is 16.8 Å². The van der Waals surface area contributed by atoms with Gasteiger partial charge in [0.05, 0.1) is 12.4 Å². The molecule has 11 heteroatoms. The quantitative estimate of drug-likeness (QED) is 0.282. The maximum Gasteiger partial charge on any atom is 0.271 e. The van der Waals surface area contributed by atoms with E-state index in [1.165, 1.54) is 61.5 Å². The van der Waals surface area contributed by atoms with Gasteiger partial charge in [-0.25, -0.2) is 19.6 Å². The first-order valence-corrected chi connectivity index (χ1v) is 10.5. The van der Waals surface area contributed by atoms with Crippen molar-refractivity contribution in [3.05, 3.63) is 131 Å². The van der Waals surface area contributed by atoms with Gasteiger partial charge in [0.25, 0.3) is 11.8 Å². The van der Waals surface area contributed by atoms with Crippen molar-refractivity contribution in [3.8, 4) is 0 Å². The molecule has 0 aliphatic heterocycles. The van der Waals surface area contributed by atoms with Gasteiger partial charge in [0, 0.05) is 52.7 Å². The number of aromatic nitrogens is 2. The van der Waals surface area contributed by atoms with Crippen LogP contribution in [0.25, 0.3) is 0 Å². The molecule has 0 atom stereocenters. The van der Waals surface area contributed by atoms with Crippen molar-refractivity contribution in [2.24, 2.45) is 10.2 Å². The van der Waals surface area contributed by atoms with Crippen LogP contribution >= 0.6 is 0 Å². The Kier molecular flexibility index (Phi) is 11.9. The van der Waals surface area contributed by atoms with Crippen molar-refractivity contribution in [1.29, 1.82) is 0 Å². The summed E-state index contributed by atoms with van der Waals surface area (Å²) in [5.74, 6) is -1.38. The summed E-state index contributed by atoms with van der Waals surface area (Å²) in [5, 5.41) is 7.49.